The van der Waals surface area contributed by atoms with Gasteiger partial charge in [0.2, 0.25) is 0 Å². The van der Waals surface area contributed by atoms with Gasteiger partial charge >= 0.3 is 12.0 Å². The van der Waals surface area contributed by atoms with Crippen molar-refractivity contribution < 1.29 is 14.7 Å². The summed E-state index contributed by atoms with van der Waals surface area (Å²) in [6.07, 6.45) is 5.15. The third kappa shape index (κ3) is 5.62. The van der Waals surface area contributed by atoms with Crippen molar-refractivity contribution in [3.8, 4) is 0 Å². The maximum absolute atomic E-state index is 11.5. The van der Waals surface area contributed by atoms with E-state index >= 15 is 0 Å². The number of carbonyl (C=O) groups is 2. The van der Waals surface area contributed by atoms with Crippen molar-refractivity contribution in [2.24, 2.45) is 5.92 Å². The van der Waals surface area contributed by atoms with Gasteiger partial charge in [-0.15, -0.1) is 0 Å². The van der Waals surface area contributed by atoms with E-state index in [9.17, 15) is 9.59 Å². The minimum atomic E-state index is -0.790. The number of aliphatic carboxylic acids is 1. The SMILES string of the molecule is CSC1(CNC(=O)NCC(C)CCC(=O)O)CC1. The van der Waals surface area contributed by atoms with Crippen molar-refractivity contribution >= 4 is 23.8 Å². The largest absolute Gasteiger partial charge is 0.481 e. The predicted molar refractivity (Wildman–Crippen MR) is 72.9 cm³/mol. The minimum Gasteiger partial charge on any atom is -0.481 e. The van der Waals surface area contributed by atoms with Gasteiger partial charge in [0.25, 0.3) is 0 Å². The second-order valence-corrected chi connectivity index (χ2v) is 6.26. The Balaban J connectivity index is 2.07. The number of carboxylic acids is 1. The van der Waals surface area contributed by atoms with Crippen molar-refractivity contribution in [1.29, 1.82) is 0 Å². The van der Waals surface area contributed by atoms with E-state index in [-0.39, 0.29) is 23.1 Å². The number of hydrogen-bond donors (Lipinski definition) is 3. The van der Waals surface area contributed by atoms with Gasteiger partial charge in [-0.25, -0.2) is 4.79 Å². The average Bonchev–Trinajstić information content (AvgIpc) is 3.12. The summed E-state index contributed by atoms with van der Waals surface area (Å²) in [7, 11) is 0. The van der Waals surface area contributed by atoms with Gasteiger partial charge in [0.1, 0.15) is 0 Å². The molecule has 6 heteroatoms. The maximum atomic E-state index is 11.5. The molecule has 0 spiro atoms. The molecular formula is C12H22N2O3S. The summed E-state index contributed by atoms with van der Waals surface area (Å²) in [5.74, 6) is -0.607. The van der Waals surface area contributed by atoms with Gasteiger partial charge in [0.05, 0.1) is 0 Å². The number of nitrogens with one attached hydrogen (secondary N) is 2. The highest BCUT2D eigenvalue weighted by molar-refractivity contribution is 8.00. The zero-order valence-corrected chi connectivity index (χ0v) is 11.8. The van der Waals surface area contributed by atoms with Gasteiger partial charge in [-0.1, -0.05) is 6.92 Å². The van der Waals surface area contributed by atoms with E-state index in [0.717, 1.165) is 0 Å². The summed E-state index contributed by atoms with van der Waals surface area (Å²) in [6.45, 7) is 3.17. The Labute approximate surface area is 112 Å². The molecule has 0 radical (unpaired) electrons. The fraction of sp³-hybridized carbons (Fsp3) is 0.833. The number of rotatable bonds is 8. The van der Waals surface area contributed by atoms with Crippen LogP contribution in [0.3, 0.4) is 0 Å². The molecule has 1 atom stereocenters. The number of urea groups is 1. The molecule has 1 aliphatic carbocycles. The smallest absolute Gasteiger partial charge is 0.314 e. The van der Waals surface area contributed by atoms with Gasteiger partial charge < -0.3 is 15.7 Å². The molecule has 0 aromatic carbocycles. The monoisotopic (exact) mass is 274 g/mol. The third-order valence-electron chi connectivity index (χ3n) is 3.27. The topological polar surface area (TPSA) is 78.4 Å². The molecule has 1 fully saturated rings. The second kappa shape index (κ2) is 6.87. The van der Waals surface area contributed by atoms with Crippen molar-refractivity contribution in [2.75, 3.05) is 19.3 Å². The molecule has 0 aliphatic heterocycles. The Morgan fingerprint density at radius 1 is 1.39 bits per heavy atom. The van der Waals surface area contributed by atoms with Gasteiger partial charge in [-0.05, 0) is 31.4 Å². The molecule has 104 valence electrons. The molecule has 1 aliphatic rings. The lowest BCUT2D eigenvalue weighted by Gasteiger charge is -2.15. The molecule has 0 aromatic heterocycles. The van der Waals surface area contributed by atoms with Crippen LogP contribution in [0.15, 0.2) is 0 Å². The quantitative estimate of drug-likeness (QED) is 0.629. The predicted octanol–water partition coefficient (Wildman–Crippen LogP) is 1.68. The van der Waals surface area contributed by atoms with E-state index in [1.54, 1.807) is 0 Å². The van der Waals surface area contributed by atoms with Crippen molar-refractivity contribution in [3.05, 3.63) is 0 Å². The first-order chi connectivity index (χ1) is 8.47. The van der Waals surface area contributed by atoms with Gasteiger partial charge in [-0.2, -0.15) is 11.8 Å². The van der Waals surface area contributed by atoms with E-state index in [0.29, 0.717) is 19.5 Å². The maximum Gasteiger partial charge on any atom is 0.314 e. The Morgan fingerprint density at radius 2 is 2.06 bits per heavy atom. The van der Waals surface area contributed by atoms with Crippen LogP contribution in [0, 0.1) is 5.92 Å². The van der Waals surface area contributed by atoms with Crippen molar-refractivity contribution in [3.63, 3.8) is 0 Å². The van der Waals surface area contributed by atoms with Crippen LogP contribution in [0.1, 0.15) is 32.6 Å². The van der Waals surface area contributed by atoms with Crippen molar-refractivity contribution in [1.82, 2.24) is 10.6 Å². The lowest BCUT2D eigenvalue weighted by molar-refractivity contribution is -0.137. The first-order valence-electron chi connectivity index (χ1n) is 6.26. The van der Waals surface area contributed by atoms with E-state index in [2.05, 4.69) is 16.9 Å². The summed E-state index contributed by atoms with van der Waals surface area (Å²) < 4.78 is 0.270. The summed E-state index contributed by atoms with van der Waals surface area (Å²) in [5.41, 5.74) is 0. The molecular weight excluding hydrogens is 252 g/mol. The molecule has 0 bridgehead atoms. The van der Waals surface area contributed by atoms with Gasteiger partial charge in [-0.3, -0.25) is 4.79 Å². The standard InChI is InChI=1S/C12H22N2O3S/c1-9(3-4-10(15)16)7-13-11(17)14-8-12(18-2)5-6-12/h9H,3-8H2,1-2H3,(H,15,16)(H2,13,14,17). The fourth-order valence-electron chi connectivity index (χ4n) is 1.64. The highest BCUT2D eigenvalue weighted by atomic mass is 32.2. The minimum absolute atomic E-state index is 0.153. The lowest BCUT2D eigenvalue weighted by Crippen LogP contribution is -2.41. The van der Waals surface area contributed by atoms with Crippen molar-refractivity contribution in [2.45, 2.75) is 37.4 Å². The molecule has 0 aromatic rings. The summed E-state index contributed by atoms with van der Waals surface area (Å²) >= 11 is 1.81. The van der Waals surface area contributed by atoms with Crippen LogP contribution in [-0.4, -0.2) is 41.2 Å². The zero-order valence-electron chi connectivity index (χ0n) is 11.0. The van der Waals surface area contributed by atoms with E-state index < -0.39 is 5.97 Å². The van der Waals surface area contributed by atoms with Gasteiger partial charge in [0.15, 0.2) is 0 Å². The Bertz CT molecular complexity index is 306. The van der Waals surface area contributed by atoms with Crippen LogP contribution in [-0.2, 0) is 4.79 Å². The number of thioether (sulfide) groups is 1. The second-order valence-electron chi connectivity index (χ2n) is 4.99. The fourth-order valence-corrected chi connectivity index (χ4v) is 2.36. The van der Waals surface area contributed by atoms with E-state index in [1.165, 1.54) is 12.8 Å². The van der Waals surface area contributed by atoms with Crippen LogP contribution in [0.2, 0.25) is 0 Å². The Kier molecular flexibility index (Phi) is 5.78. The highest BCUT2D eigenvalue weighted by Gasteiger charge is 2.41. The first-order valence-corrected chi connectivity index (χ1v) is 7.48. The molecule has 1 rings (SSSR count). The lowest BCUT2D eigenvalue weighted by atomic mass is 10.1. The normalized spacial score (nSPS) is 17.9. The van der Waals surface area contributed by atoms with Crippen LogP contribution in [0.5, 0.6) is 0 Å². The van der Waals surface area contributed by atoms with Crippen LogP contribution >= 0.6 is 11.8 Å². The molecule has 1 unspecified atom stereocenters. The molecule has 0 heterocycles. The number of carbonyl (C=O) groups excluding carboxylic acids is 1. The zero-order chi connectivity index (χ0) is 13.6. The van der Waals surface area contributed by atoms with Crippen LogP contribution < -0.4 is 10.6 Å². The molecule has 18 heavy (non-hydrogen) atoms. The Morgan fingerprint density at radius 3 is 2.56 bits per heavy atom. The summed E-state index contributed by atoms with van der Waals surface area (Å²) in [4.78, 5) is 21.9. The average molecular weight is 274 g/mol. The van der Waals surface area contributed by atoms with Crippen LogP contribution in [0.4, 0.5) is 4.79 Å². The molecule has 0 saturated heterocycles. The first kappa shape index (κ1) is 15.1. The van der Waals surface area contributed by atoms with E-state index in [1.807, 2.05) is 18.7 Å². The molecule has 5 nitrogen and oxygen atoms in total. The third-order valence-corrected chi connectivity index (χ3v) is 4.69. The number of carboxylic acid groups (broad SMARTS) is 1. The number of amides is 2. The van der Waals surface area contributed by atoms with E-state index in [4.69, 9.17) is 5.11 Å². The highest BCUT2D eigenvalue weighted by Crippen LogP contribution is 2.46. The Hall–Kier alpha value is -0.910. The molecule has 3 N–H and O–H groups in total. The number of hydrogen-bond acceptors (Lipinski definition) is 3. The molecule has 2 amide bonds. The molecule has 1 saturated carbocycles. The van der Waals surface area contributed by atoms with Gasteiger partial charge in [0, 0.05) is 24.3 Å². The van der Waals surface area contributed by atoms with Crippen LogP contribution in [0.25, 0.3) is 0 Å². The summed E-state index contributed by atoms with van der Waals surface area (Å²) in [5, 5.41) is 14.2. The summed E-state index contributed by atoms with van der Waals surface area (Å²) in [6, 6.07) is -0.155.